The molecule has 0 aromatic heterocycles. The molecule has 1 saturated heterocycles. The number of methoxy groups -OCH3 is 1. The number of quaternary nitrogens is 1. The number of likely N-dealkylation sites (tertiary alicyclic amines) is 1. The predicted octanol–water partition coefficient (Wildman–Crippen LogP) is 0.654. The summed E-state index contributed by atoms with van der Waals surface area (Å²) in [7, 11) is 5.81. The standard InChI is InChI=1S/C32H38N2O5.HI/c1-33(27(36)12-9-20-5-4-6-23(17-20)38-3)24-13-14-32(37)26-18-22-10-11-25(35)29-28(22)31(32,30(24)39-29)15-16-34(26,2)19-21-7-8-21;/h4-6,9-12,17,21,24,26,30,37H,7-8,13-16,18-19H2,1-3H3;1H/b12-9+;/t24?,26-,30?,31+,32?,34?;/m1./s1. The number of benzene rings is 2. The zero-order valence-electron chi connectivity index (χ0n) is 23.5. The zero-order chi connectivity index (χ0) is 27.2. The number of phenols is 1. The average molecular weight is 659 g/mol. The second-order valence-corrected chi connectivity index (χ2v) is 12.8. The summed E-state index contributed by atoms with van der Waals surface area (Å²) in [4.78, 5) is 15.3. The van der Waals surface area contributed by atoms with Crippen LogP contribution >= 0.6 is 0 Å². The molecule has 3 fully saturated rings. The molecule has 7 nitrogen and oxygen atoms in total. The number of phenolic OH excluding ortho intramolecular Hbond substituents is 1. The Morgan fingerprint density at radius 2 is 2.02 bits per heavy atom. The molecule has 2 bridgehead atoms. The van der Waals surface area contributed by atoms with Crippen LogP contribution < -0.4 is 33.5 Å². The zero-order valence-corrected chi connectivity index (χ0v) is 25.6. The third-order valence-electron chi connectivity index (χ3n) is 10.8. The van der Waals surface area contributed by atoms with Crippen LogP contribution in [0.5, 0.6) is 17.2 Å². The minimum atomic E-state index is -0.942. The Morgan fingerprint density at radius 1 is 1.23 bits per heavy atom. The largest absolute Gasteiger partial charge is 1.00 e. The summed E-state index contributed by atoms with van der Waals surface area (Å²) in [5.41, 5.74) is 1.51. The van der Waals surface area contributed by atoms with Crippen LogP contribution in [0.4, 0.5) is 0 Å². The van der Waals surface area contributed by atoms with Gasteiger partial charge in [-0.1, -0.05) is 18.2 Å². The van der Waals surface area contributed by atoms with Crippen LogP contribution in [-0.4, -0.2) is 83.6 Å². The normalized spacial score (nSPS) is 35.0. The molecular formula is C32H39IN2O5. The summed E-state index contributed by atoms with van der Waals surface area (Å²) in [5.74, 6) is 2.05. The van der Waals surface area contributed by atoms with E-state index in [9.17, 15) is 15.0 Å². The van der Waals surface area contributed by atoms with Gasteiger partial charge in [-0.05, 0) is 61.1 Å². The second-order valence-electron chi connectivity index (χ2n) is 12.8. The molecule has 2 heterocycles. The third-order valence-corrected chi connectivity index (χ3v) is 10.8. The fraction of sp³-hybridized carbons (Fsp3) is 0.531. The molecule has 6 atom stereocenters. The highest BCUT2D eigenvalue weighted by molar-refractivity contribution is 5.92. The van der Waals surface area contributed by atoms with E-state index in [0.717, 1.165) is 53.2 Å². The highest BCUT2D eigenvalue weighted by Crippen LogP contribution is 2.66. The maximum absolute atomic E-state index is 13.5. The van der Waals surface area contributed by atoms with Crippen molar-refractivity contribution in [3.8, 4) is 17.2 Å². The summed E-state index contributed by atoms with van der Waals surface area (Å²) in [6, 6.07) is 11.3. The molecule has 1 amide bonds. The van der Waals surface area contributed by atoms with Gasteiger partial charge < -0.3 is 53.0 Å². The van der Waals surface area contributed by atoms with Gasteiger partial charge in [0.05, 0.1) is 38.7 Å². The van der Waals surface area contributed by atoms with E-state index in [2.05, 4.69) is 7.05 Å². The molecule has 3 aliphatic carbocycles. The van der Waals surface area contributed by atoms with Crippen LogP contribution in [-0.2, 0) is 16.6 Å². The molecular weight excluding hydrogens is 619 g/mol. The Labute approximate surface area is 253 Å². The van der Waals surface area contributed by atoms with E-state index in [4.69, 9.17) is 9.47 Å². The van der Waals surface area contributed by atoms with Gasteiger partial charge in [-0.15, -0.1) is 0 Å². The van der Waals surface area contributed by atoms with E-state index in [1.54, 1.807) is 24.2 Å². The Balaban J connectivity index is 0.00000289. The number of carbonyl (C=O) groups is 1. The van der Waals surface area contributed by atoms with E-state index in [-0.39, 0.29) is 47.7 Å². The van der Waals surface area contributed by atoms with Crippen molar-refractivity contribution < 1.29 is 52.9 Å². The van der Waals surface area contributed by atoms with Crippen LogP contribution in [0.1, 0.15) is 48.8 Å². The molecule has 8 heteroatoms. The Kier molecular flexibility index (Phi) is 6.70. The van der Waals surface area contributed by atoms with Crippen LogP contribution in [0.25, 0.3) is 6.08 Å². The first-order valence-electron chi connectivity index (χ1n) is 14.4. The highest BCUT2D eigenvalue weighted by Gasteiger charge is 2.76. The van der Waals surface area contributed by atoms with Gasteiger partial charge in [0.2, 0.25) is 5.91 Å². The predicted molar refractivity (Wildman–Crippen MR) is 148 cm³/mol. The number of hydrogen-bond donors (Lipinski definition) is 2. The van der Waals surface area contributed by atoms with Gasteiger partial charge in [-0.3, -0.25) is 4.79 Å². The Morgan fingerprint density at radius 3 is 2.77 bits per heavy atom. The lowest BCUT2D eigenvalue weighted by Crippen LogP contribution is -3.00. The lowest BCUT2D eigenvalue weighted by atomic mass is 9.47. The minimum Gasteiger partial charge on any atom is -1.00 e. The number of aromatic hydroxyl groups is 1. The van der Waals surface area contributed by atoms with Crippen LogP contribution in [0.3, 0.4) is 0 Å². The number of piperidine rings is 1. The first-order valence-corrected chi connectivity index (χ1v) is 14.4. The lowest BCUT2D eigenvalue weighted by Gasteiger charge is -2.66. The maximum Gasteiger partial charge on any atom is 0.246 e. The van der Waals surface area contributed by atoms with Crippen molar-refractivity contribution in [1.82, 2.24) is 4.90 Å². The molecule has 2 aliphatic heterocycles. The molecule has 40 heavy (non-hydrogen) atoms. The summed E-state index contributed by atoms with van der Waals surface area (Å²) in [6.07, 6.45) is 8.45. The van der Waals surface area contributed by atoms with Crippen molar-refractivity contribution in [3.05, 3.63) is 59.2 Å². The molecule has 2 saturated carbocycles. The molecule has 2 aromatic rings. The lowest BCUT2D eigenvalue weighted by molar-refractivity contribution is -0.950. The van der Waals surface area contributed by atoms with Gasteiger partial charge in [0.15, 0.2) is 11.5 Å². The monoisotopic (exact) mass is 658 g/mol. The van der Waals surface area contributed by atoms with Crippen molar-refractivity contribution in [2.75, 3.05) is 34.3 Å². The number of amides is 1. The Bertz CT molecular complexity index is 1380. The first-order chi connectivity index (χ1) is 18.7. The summed E-state index contributed by atoms with van der Waals surface area (Å²) in [5, 5.41) is 23.7. The van der Waals surface area contributed by atoms with Gasteiger partial charge in [0.25, 0.3) is 0 Å². The van der Waals surface area contributed by atoms with Gasteiger partial charge >= 0.3 is 0 Å². The molecule has 5 aliphatic rings. The number of halogens is 1. The van der Waals surface area contributed by atoms with Crippen molar-refractivity contribution in [1.29, 1.82) is 0 Å². The minimum absolute atomic E-state index is 0. The Hall–Kier alpha value is -2.30. The topological polar surface area (TPSA) is 79.2 Å². The molecule has 7 rings (SSSR count). The highest BCUT2D eigenvalue weighted by atomic mass is 127. The summed E-state index contributed by atoms with van der Waals surface area (Å²) < 4.78 is 12.9. The fourth-order valence-electron chi connectivity index (χ4n) is 8.72. The van der Waals surface area contributed by atoms with E-state index >= 15 is 0 Å². The summed E-state index contributed by atoms with van der Waals surface area (Å²) >= 11 is 0. The molecule has 0 radical (unpaired) electrons. The number of rotatable bonds is 6. The van der Waals surface area contributed by atoms with Gasteiger partial charge in [0.1, 0.15) is 23.5 Å². The average Bonchev–Trinajstić information content (AvgIpc) is 3.66. The number of aliphatic hydroxyl groups is 1. The third kappa shape index (κ3) is 3.85. The van der Waals surface area contributed by atoms with Crippen molar-refractivity contribution in [3.63, 3.8) is 0 Å². The number of likely N-dealkylation sites (N-methyl/N-ethyl adjacent to an activating group) is 2. The van der Waals surface area contributed by atoms with Crippen molar-refractivity contribution in [2.45, 2.75) is 67.7 Å². The first kappa shape index (κ1) is 27.8. The molecule has 1 spiro atoms. The van der Waals surface area contributed by atoms with E-state index in [1.807, 2.05) is 43.5 Å². The maximum atomic E-state index is 13.5. The van der Waals surface area contributed by atoms with E-state index in [1.165, 1.54) is 18.4 Å². The molecule has 2 N–H and O–H groups in total. The van der Waals surface area contributed by atoms with Crippen molar-refractivity contribution in [2.24, 2.45) is 5.92 Å². The quantitative estimate of drug-likeness (QED) is 0.271. The summed E-state index contributed by atoms with van der Waals surface area (Å²) in [6.45, 7) is 2.09. The van der Waals surface area contributed by atoms with E-state index in [0.29, 0.717) is 18.6 Å². The SMILES string of the molecule is COc1cccc(/C=C/C(=O)N(C)C2CCC3(O)[C@H]4Cc5ccc(O)c6c5[C@@]3(CC[N+]4(C)CC3CC3)C2O6)c1.[I-]. The number of hydrogen-bond acceptors (Lipinski definition) is 5. The van der Waals surface area contributed by atoms with Crippen molar-refractivity contribution >= 4 is 12.0 Å². The number of carbonyl (C=O) groups excluding carboxylic acids is 1. The van der Waals surface area contributed by atoms with Crippen LogP contribution in [0.2, 0.25) is 0 Å². The smallest absolute Gasteiger partial charge is 0.246 e. The molecule has 214 valence electrons. The number of nitrogens with zero attached hydrogens (tertiary/aromatic N) is 2. The second kappa shape index (κ2) is 9.63. The van der Waals surface area contributed by atoms with Crippen LogP contribution in [0, 0.1) is 5.92 Å². The number of ether oxygens (including phenoxy) is 2. The van der Waals surface area contributed by atoms with Gasteiger partial charge in [-0.2, -0.15) is 0 Å². The fourth-order valence-corrected chi connectivity index (χ4v) is 8.72. The molecule has 4 unspecified atom stereocenters. The van der Waals surface area contributed by atoms with Gasteiger partial charge in [0, 0.05) is 37.4 Å². The van der Waals surface area contributed by atoms with E-state index < -0.39 is 17.1 Å². The molecule has 2 aromatic carbocycles. The van der Waals surface area contributed by atoms with Gasteiger partial charge in [-0.25, -0.2) is 0 Å². The van der Waals surface area contributed by atoms with Crippen LogP contribution in [0.15, 0.2) is 42.5 Å².